The highest BCUT2D eigenvalue weighted by molar-refractivity contribution is 6.23. The Morgan fingerprint density at radius 3 is 2.10 bits per heavy atom. The fraction of sp³-hybridized carbons (Fsp3) is 0.533. The maximum atomic E-state index is 12.3. The number of ether oxygens (including phenoxy) is 2. The van der Waals surface area contributed by atoms with Crippen LogP contribution in [0.15, 0.2) is 22.7 Å². The van der Waals surface area contributed by atoms with Crippen molar-refractivity contribution in [3.05, 3.63) is 22.7 Å². The molecule has 0 saturated heterocycles. The molecule has 0 aromatic heterocycles. The average Bonchev–Trinajstić information content (AvgIpc) is 2.45. The summed E-state index contributed by atoms with van der Waals surface area (Å²) < 4.78 is 9.97. The van der Waals surface area contributed by atoms with Crippen molar-refractivity contribution >= 4 is 17.9 Å². The Balaban J connectivity index is 2.81. The second-order valence-electron chi connectivity index (χ2n) is 4.59. The fourth-order valence-electron chi connectivity index (χ4n) is 2.20. The largest absolute Gasteiger partial charge is 0.489 e. The number of hydrogen-bond acceptors (Lipinski definition) is 5. The lowest BCUT2D eigenvalue weighted by Crippen LogP contribution is -2.25. The van der Waals surface area contributed by atoms with Crippen LogP contribution < -0.4 is 0 Å². The van der Waals surface area contributed by atoms with Gasteiger partial charge in [-0.2, -0.15) is 0 Å². The van der Waals surface area contributed by atoms with Gasteiger partial charge in [0.2, 0.25) is 23.1 Å². The summed E-state index contributed by atoms with van der Waals surface area (Å²) in [5, 5.41) is 0. The lowest BCUT2D eigenvalue weighted by atomic mass is 9.89. The van der Waals surface area contributed by atoms with Crippen molar-refractivity contribution in [3.8, 4) is 0 Å². The van der Waals surface area contributed by atoms with E-state index < -0.39 is 0 Å². The molecule has 20 heavy (non-hydrogen) atoms. The van der Waals surface area contributed by atoms with Crippen LogP contribution in [0.5, 0.6) is 0 Å². The summed E-state index contributed by atoms with van der Waals surface area (Å²) >= 11 is 0. The van der Waals surface area contributed by atoms with Crippen LogP contribution in [0, 0.1) is 0 Å². The number of methoxy groups -OCH3 is 2. The van der Waals surface area contributed by atoms with Gasteiger partial charge in [-0.1, -0.05) is 6.42 Å². The predicted molar refractivity (Wildman–Crippen MR) is 72.9 cm³/mol. The first-order valence-electron chi connectivity index (χ1n) is 6.63. The first-order valence-corrected chi connectivity index (χ1v) is 6.63. The predicted octanol–water partition coefficient (Wildman–Crippen LogP) is 2.11. The Bertz CT molecular complexity index is 471. The summed E-state index contributed by atoms with van der Waals surface area (Å²) in [5.41, 5.74) is 0.904. The van der Waals surface area contributed by atoms with Gasteiger partial charge in [0.05, 0.1) is 14.2 Å². The molecule has 0 amide bonds. The molecule has 0 atom stereocenters. The Kier molecular flexibility index (Phi) is 6.15. The van der Waals surface area contributed by atoms with Gasteiger partial charge in [-0.15, -0.1) is 0 Å². The molecule has 1 rings (SSSR count). The van der Waals surface area contributed by atoms with E-state index in [0.717, 1.165) is 25.5 Å². The molecule has 0 heterocycles. The maximum Gasteiger partial charge on any atom is 0.228 e. The Labute approximate surface area is 118 Å². The van der Waals surface area contributed by atoms with E-state index in [4.69, 9.17) is 9.47 Å². The zero-order valence-corrected chi connectivity index (χ0v) is 12.2. The second-order valence-corrected chi connectivity index (χ2v) is 4.59. The number of unbranched alkanes of at least 4 members (excludes halogenated alkanes) is 3. The molecule has 0 radical (unpaired) electrons. The first-order chi connectivity index (χ1) is 9.58. The molecule has 0 spiro atoms. The zero-order chi connectivity index (χ0) is 15.1. The molecular formula is C15H20O5. The number of Topliss-reactive ketones (excluding diaryl/α,β-unsaturated/α-hetero) is 2. The third kappa shape index (κ3) is 3.35. The number of carbonyl (C=O) groups excluding carboxylic acids is 3. The normalized spacial score (nSPS) is 15.8. The van der Waals surface area contributed by atoms with E-state index in [2.05, 4.69) is 0 Å². The summed E-state index contributed by atoms with van der Waals surface area (Å²) in [6, 6.07) is 0. The molecule has 5 heteroatoms. The molecule has 0 saturated carbocycles. The summed E-state index contributed by atoms with van der Waals surface area (Å²) in [4.78, 5) is 34.6. The van der Waals surface area contributed by atoms with Gasteiger partial charge >= 0.3 is 0 Å². The molecule has 1 aliphatic carbocycles. The van der Waals surface area contributed by atoms with Crippen molar-refractivity contribution in [2.75, 3.05) is 14.2 Å². The number of ketones is 2. The number of carbonyl (C=O) groups is 3. The van der Waals surface area contributed by atoms with Crippen LogP contribution in [0.1, 0.15) is 39.0 Å². The number of rotatable bonds is 8. The van der Waals surface area contributed by atoms with Gasteiger partial charge in [0, 0.05) is 17.6 Å². The van der Waals surface area contributed by atoms with Crippen molar-refractivity contribution in [1.29, 1.82) is 0 Å². The van der Waals surface area contributed by atoms with Crippen LogP contribution in [-0.2, 0) is 23.9 Å². The van der Waals surface area contributed by atoms with Gasteiger partial charge < -0.3 is 14.3 Å². The smallest absolute Gasteiger partial charge is 0.228 e. The van der Waals surface area contributed by atoms with Crippen molar-refractivity contribution < 1.29 is 23.9 Å². The Hall–Kier alpha value is -1.91. The van der Waals surface area contributed by atoms with Gasteiger partial charge in [-0.05, 0) is 26.2 Å². The van der Waals surface area contributed by atoms with Crippen LogP contribution in [0.2, 0.25) is 0 Å². The molecule has 5 nitrogen and oxygen atoms in total. The van der Waals surface area contributed by atoms with E-state index in [9.17, 15) is 14.4 Å². The van der Waals surface area contributed by atoms with Gasteiger partial charge in [0.15, 0.2) is 0 Å². The standard InChI is InChI=1S/C15H20O5/c1-10-11(8-6-4-5-7-9-16)13(18)15(20-3)14(19-2)12(10)17/h9H,4-8H2,1-3H3. The molecule has 0 unspecified atom stereocenters. The molecule has 0 aromatic carbocycles. The fourth-order valence-corrected chi connectivity index (χ4v) is 2.20. The van der Waals surface area contributed by atoms with E-state index in [1.165, 1.54) is 14.2 Å². The molecular weight excluding hydrogens is 260 g/mol. The summed E-state index contributed by atoms with van der Waals surface area (Å²) in [5.74, 6) is -0.630. The van der Waals surface area contributed by atoms with E-state index in [1.807, 2.05) is 0 Å². The maximum absolute atomic E-state index is 12.3. The van der Waals surface area contributed by atoms with Crippen LogP contribution in [0.3, 0.4) is 0 Å². The third-order valence-corrected chi connectivity index (χ3v) is 3.34. The topological polar surface area (TPSA) is 69.7 Å². The van der Waals surface area contributed by atoms with Crippen molar-refractivity contribution in [2.45, 2.75) is 39.0 Å². The summed E-state index contributed by atoms with van der Waals surface area (Å²) in [7, 11) is 2.69. The van der Waals surface area contributed by atoms with Crippen LogP contribution in [-0.4, -0.2) is 32.1 Å². The lowest BCUT2D eigenvalue weighted by molar-refractivity contribution is -0.121. The highest BCUT2D eigenvalue weighted by Crippen LogP contribution is 2.28. The molecule has 0 aromatic rings. The van der Waals surface area contributed by atoms with E-state index in [0.29, 0.717) is 24.0 Å². The van der Waals surface area contributed by atoms with Crippen LogP contribution >= 0.6 is 0 Å². The quantitative estimate of drug-likeness (QED) is 0.387. The molecule has 0 N–H and O–H groups in total. The Morgan fingerprint density at radius 2 is 1.55 bits per heavy atom. The lowest BCUT2D eigenvalue weighted by Gasteiger charge is -2.20. The minimum atomic E-state index is -0.299. The van der Waals surface area contributed by atoms with E-state index >= 15 is 0 Å². The second kappa shape index (κ2) is 7.62. The minimum Gasteiger partial charge on any atom is -0.489 e. The number of hydrogen-bond donors (Lipinski definition) is 0. The third-order valence-electron chi connectivity index (χ3n) is 3.34. The van der Waals surface area contributed by atoms with E-state index in [1.54, 1.807) is 6.92 Å². The van der Waals surface area contributed by atoms with Crippen molar-refractivity contribution in [2.24, 2.45) is 0 Å². The molecule has 0 bridgehead atoms. The monoisotopic (exact) mass is 280 g/mol. The Morgan fingerprint density at radius 1 is 0.950 bits per heavy atom. The van der Waals surface area contributed by atoms with Crippen LogP contribution in [0.4, 0.5) is 0 Å². The number of aldehydes is 1. The van der Waals surface area contributed by atoms with Gasteiger partial charge in [-0.3, -0.25) is 9.59 Å². The first kappa shape index (κ1) is 16.1. The molecule has 0 fully saturated rings. The summed E-state index contributed by atoms with van der Waals surface area (Å²) in [6.45, 7) is 1.63. The molecule has 0 aliphatic heterocycles. The van der Waals surface area contributed by atoms with E-state index in [-0.39, 0.29) is 23.1 Å². The van der Waals surface area contributed by atoms with Crippen molar-refractivity contribution in [3.63, 3.8) is 0 Å². The highest BCUT2D eigenvalue weighted by atomic mass is 16.5. The van der Waals surface area contributed by atoms with Gasteiger partial charge in [0.25, 0.3) is 0 Å². The van der Waals surface area contributed by atoms with Crippen LogP contribution in [0.25, 0.3) is 0 Å². The summed E-state index contributed by atoms with van der Waals surface area (Å²) in [6.07, 6.45) is 4.34. The minimum absolute atomic E-state index is 0.0222. The average molecular weight is 280 g/mol. The SMILES string of the molecule is COC1=C(OC)C(=O)C(CCCCCC=O)=C(C)C1=O. The molecule has 1 aliphatic rings. The van der Waals surface area contributed by atoms with Crippen molar-refractivity contribution in [1.82, 2.24) is 0 Å². The van der Waals surface area contributed by atoms with Gasteiger partial charge in [-0.25, -0.2) is 0 Å². The zero-order valence-electron chi connectivity index (χ0n) is 12.2. The number of allylic oxidation sites excluding steroid dienone is 2. The van der Waals surface area contributed by atoms with Gasteiger partial charge in [0.1, 0.15) is 6.29 Å². The molecule has 110 valence electrons. The highest BCUT2D eigenvalue weighted by Gasteiger charge is 2.34.